The average Bonchev–Trinajstić information content (AvgIpc) is 2.95. The van der Waals surface area contributed by atoms with Crippen molar-refractivity contribution in [2.45, 2.75) is 46.5 Å². The van der Waals surface area contributed by atoms with Gasteiger partial charge in [0.2, 0.25) is 5.91 Å². The molecule has 0 aromatic carbocycles. The van der Waals surface area contributed by atoms with Gasteiger partial charge in [-0.05, 0) is 50.1 Å². The van der Waals surface area contributed by atoms with Gasteiger partial charge < -0.3 is 10.6 Å². The van der Waals surface area contributed by atoms with E-state index in [-0.39, 0.29) is 5.41 Å². The summed E-state index contributed by atoms with van der Waals surface area (Å²) in [6.45, 7) is 9.55. The molecule has 2 aliphatic rings. The molecule has 0 bridgehead atoms. The lowest BCUT2D eigenvalue weighted by molar-refractivity contribution is -0.132. The first-order valence-corrected chi connectivity index (χ1v) is 6.99. The first-order valence-electron chi connectivity index (χ1n) is 6.99. The maximum absolute atomic E-state index is 12.4. The number of piperidine rings is 1. The van der Waals surface area contributed by atoms with E-state index in [2.05, 4.69) is 31.4 Å². The van der Waals surface area contributed by atoms with Crippen molar-refractivity contribution < 1.29 is 4.79 Å². The summed E-state index contributed by atoms with van der Waals surface area (Å²) in [5.74, 6) is 0.992. The monoisotopic (exact) mass is 238 g/mol. The van der Waals surface area contributed by atoms with Gasteiger partial charge in [0, 0.05) is 6.54 Å². The number of amides is 1. The van der Waals surface area contributed by atoms with E-state index < -0.39 is 0 Å². The van der Waals surface area contributed by atoms with Gasteiger partial charge in [0.15, 0.2) is 0 Å². The quantitative estimate of drug-likeness (QED) is 0.786. The van der Waals surface area contributed by atoms with Gasteiger partial charge in [0.25, 0.3) is 0 Å². The molecule has 98 valence electrons. The Kier molecular flexibility index (Phi) is 3.48. The molecule has 1 saturated carbocycles. The Balaban J connectivity index is 1.85. The number of hydrogen-bond donors (Lipinski definition) is 2. The fourth-order valence-corrected chi connectivity index (χ4v) is 2.97. The molecular weight excluding hydrogens is 212 g/mol. The molecule has 3 heteroatoms. The Morgan fingerprint density at radius 3 is 2.41 bits per heavy atom. The summed E-state index contributed by atoms with van der Waals surface area (Å²) in [6.07, 6.45) is 4.20. The second-order valence-electron chi connectivity index (χ2n) is 6.48. The maximum atomic E-state index is 12.4. The summed E-state index contributed by atoms with van der Waals surface area (Å²) in [5, 5.41) is 6.53. The number of nitrogens with one attached hydrogen (secondary N) is 2. The van der Waals surface area contributed by atoms with Crippen LogP contribution in [0.2, 0.25) is 0 Å². The molecule has 1 saturated heterocycles. The molecule has 3 nitrogen and oxygen atoms in total. The van der Waals surface area contributed by atoms with Crippen LogP contribution in [-0.2, 0) is 4.79 Å². The van der Waals surface area contributed by atoms with Gasteiger partial charge in [0.1, 0.15) is 0 Å². The van der Waals surface area contributed by atoms with Crippen molar-refractivity contribution in [2.24, 2.45) is 16.7 Å². The Labute approximate surface area is 105 Å². The Morgan fingerprint density at radius 1 is 1.35 bits per heavy atom. The van der Waals surface area contributed by atoms with E-state index in [0.717, 1.165) is 38.9 Å². The zero-order chi connectivity index (χ0) is 12.5. The van der Waals surface area contributed by atoms with Crippen LogP contribution in [0.25, 0.3) is 0 Å². The molecule has 1 unspecified atom stereocenters. The van der Waals surface area contributed by atoms with E-state index in [1.807, 2.05) is 0 Å². The van der Waals surface area contributed by atoms with E-state index >= 15 is 0 Å². The average molecular weight is 238 g/mol. The Morgan fingerprint density at radius 2 is 1.94 bits per heavy atom. The normalized spacial score (nSPS) is 29.7. The summed E-state index contributed by atoms with van der Waals surface area (Å²) >= 11 is 0. The van der Waals surface area contributed by atoms with Crippen molar-refractivity contribution in [1.82, 2.24) is 10.6 Å². The second-order valence-corrected chi connectivity index (χ2v) is 6.48. The lowest BCUT2D eigenvalue weighted by atomic mass is 9.76. The van der Waals surface area contributed by atoms with Crippen LogP contribution in [-0.4, -0.2) is 25.5 Å². The van der Waals surface area contributed by atoms with Crippen LogP contribution in [0.1, 0.15) is 46.5 Å². The molecule has 2 N–H and O–H groups in total. The van der Waals surface area contributed by atoms with Crippen LogP contribution < -0.4 is 10.6 Å². The third-order valence-corrected chi connectivity index (χ3v) is 4.95. The minimum atomic E-state index is -0.0930. The molecule has 1 aliphatic carbocycles. The molecule has 0 spiro atoms. The second kappa shape index (κ2) is 4.60. The smallest absolute Gasteiger partial charge is 0.226 e. The lowest BCUT2D eigenvalue weighted by Gasteiger charge is -2.35. The number of carbonyl (C=O) groups is 1. The highest BCUT2D eigenvalue weighted by Crippen LogP contribution is 2.51. The lowest BCUT2D eigenvalue weighted by Crippen LogP contribution is -2.47. The van der Waals surface area contributed by atoms with E-state index in [4.69, 9.17) is 0 Å². The highest BCUT2D eigenvalue weighted by Gasteiger charge is 2.46. The zero-order valence-electron chi connectivity index (χ0n) is 11.4. The van der Waals surface area contributed by atoms with Crippen molar-refractivity contribution in [3.63, 3.8) is 0 Å². The van der Waals surface area contributed by atoms with Gasteiger partial charge in [-0.25, -0.2) is 0 Å². The molecular formula is C14H26N2O. The summed E-state index contributed by atoms with van der Waals surface area (Å²) in [4.78, 5) is 12.4. The zero-order valence-corrected chi connectivity index (χ0v) is 11.4. The van der Waals surface area contributed by atoms with Crippen molar-refractivity contribution >= 4 is 5.91 Å². The third-order valence-electron chi connectivity index (χ3n) is 4.95. The highest BCUT2D eigenvalue weighted by atomic mass is 16.2. The van der Waals surface area contributed by atoms with E-state index in [1.54, 1.807) is 0 Å². The van der Waals surface area contributed by atoms with Crippen molar-refractivity contribution in [2.75, 3.05) is 19.6 Å². The molecule has 0 radical (unpaired) electrons. The van der Waals surface area contributed by atoms with Crippen molar-refractivity contribution in [1.29, 1.82) is 0 Å². The molecule has 2 rings (SSSR count). The van der Waals surface area contributed by atoms with Crippen molar-refractivity contribution in [3.05, 3.63) is 0 Å². The van der Waals surface area contributed by atoms with Crippen molar-refractivity contribution in [3.8, 4) is 0 Å². The third kappa shape index (κ3) is 2.65. The molecule has 0 aromatic heterocycles. The first-order chi connectivity index (χ1) is 8.00. The SMILES string of the molecule is CCC1(C(=O)NCC2CC2(C)C)CCNCC1. The number of carbonyl (C=O) groups excluding carboxylic acids is 1. The van der Waals surface area contributed by atoms with Gasteiger partial charge in [0.05, 0.1) is 5.41 Å². The van der Waals surface area contributed by atoms with Gasteiger partial charge in [-0.3, -0.25) is 4.79 Å². The maximum Gasteiger partial charge on any atom is 0.226 e. The fourth-order valence-electron chi connectivity index (χ4n) is 2.97. The van der Waals surface area contributed by atoms with Gasteiger partial charge >= 0.3 is 0 Å². The standard InChI is InChI=1S/C14H26N2O/c1-4-14(5-7-15-8-6-14)12(17)16-10-11-9-13(11,2)3/h11,15H,4-10H2,1-3H3,(H,16,17). The van der Waals surface area contributed by atoms with Gasteiger partial charge in [-0.15, -0.1) is 0 Å². The molecule has 0 aromatic rings. The van der Waals surface area contributed by atoms with Crippen LogP contribution in [0, 0.1) is 16.7 Å². The van der Waals surface area contributed by atoms with Crippen LogP contribution >= 0.6 is 0 Å². The van der Waals surface area contributed by atoms with Crippen LogP contribution in [0.15, 0.2) is 0 Å². The van der Waals surface area contributed by atoms with Gasteiger partial charge in [-0.2, -0.15) is 0 Å². The Bertz CT molecular complexity index is 293. The first kappa shape index (κ1) is 12.9. The number of hydrogen-bond acceptors (Lipinski definition) is 2. The summed E-state index contributed by atoms with van der Waals surface area (Å²) in [6, 6.07) is 0. The fraction of sp³-hybridized carbons (Fsp3) is 0.929. The van der Waals surface area contributed by atoms with Gasteiger partial charge in [-0.1, -0.05) is 20.8 Å². The molecule has 1 atom stereocenters. The number of rotatable bonds is 4. The van der Waals surface area contributed by atoms with Crippen LogP contribution in [0.5, 0.6) is 0 Å². The Hall–Kier alpha value is -0.570. The minimum absolute atomic E-state index is 0.0930. The summed E-state index contributed by atoms with van der Waals surface area (Å²) < 4.78 is 0. The minimum Gasteiger partial charge on any atom is -0.355 e. The molecule has 1 amide bonds. The largest absolute Gasteiger partial charge is 0.355 e. The summed E-state index contributed by atoms with van der Waals surface area (Å²) in [7, 11) is 0. The van der Waals surface area contributed by atoms with E-state index in [1.165, 1.54) is 6.42 Å². The molecule has 17 heavy (non-hydrogen) atoms. The van der Waals surface area contributed by atoms with E-state index in [9.17, 15) is 4.79 Å². The predicted molar refractivity (Wildman–Crippen MR) is 69.7 cm³/mol. The topological polar surface area (TPSA) is 41.1 Å². The molecule has 1 heterocycles. The predicted octanol–water partition coefficient (Wildman–Crippen LogP) is 1.93. The summed E-state index contributed by atoms with van der Waals surface area (Å²) in [5.41, 5.74) is 0.366. The highest BCUT2D eigenvalue weighted by molar-refractivity contribution is 5.82. The molecule has 1 aliphatic heterocycles. The van der Waals surface area contributed by atoms with Crippen LogP contribution in [0.4, 0.5) is 0 Å². The van der Waals surface area contributed by atoms with E-state index in [0.29, 0.717) is 17.2 Å². The van der Waals surface area contributed by atoms with Crippen LogP contribution in [0.3, 0.4) is 0 Å². The molecule has 2 fully saturated rings.